The second kappa shape index (κ2) is 10.0. The third-order valence-corrected chi connectivity index (χ3v) is 14.8. The van der Waals surface area contributed by atoms with Crippen LogP contribution in [0.25, 0.3) is 0 Å². The monoisotopic (exact) mass is 601 g/mol. The molecule has 5 aliphatic carbocycles. The fourth-order valence-corrected chi connectivity index (χ4v) is 11.8. The Bertz CT molecular complexity index is 1430. The molecule has 0 bridgehead atoms. The highest BCUT2D eigenvalue weighted by Crippen LogP contribution is 2.75. The molecule has 4 saturated carbocycles. The van der Waals surface area contributed by atoms with Crippen LogP contribution in [0.5, 0.6) is 0 Å². The number of allylic oxidation sites excluding steroid dienone is 2. The average Bonchev–Trinajstić information content (AvgIpc) is 2.93. The summed E-state index contributed by atoms with van der Waals surface area (Å²) in [6, 6.07) is 8.01. The minimum absolute atomic E-state index is 0.0521. The van der Waals surface area contributed by atoms with Gasteiger partial charge in [-0.25, -0.2) is 0 Å². The highest BCUT2D eigenvalue weighted by Gasteiger charge is 2.70. The number of aryl methyl sites for hydroxylation is 1. The topological polar surface area (TPSA) is 72.5 Å². The first-order valence-electron chi connectivity index (χ1n) is 17.2. The van der Waals surface area contributed by atoms with Crippen LogP contribution in [0.15, 0.2) is 35.9 Å². The number of para-hydroxylation sites is 1. The Morgan fingerprint density at radius 3 is 2.25 bits per heavy atom. The number of hydrogen-bond acceptors (Lipinski definition) is 4. The lowest BCUT2D eigenvalue weighted by Gasteiger charge is -2.70. The zero-order chi connectivity index (χ0) is 32.1. The third-order valence-electron chi connectivity index (χ3n) is 14.8. The average molecular weight is 602 g/mol. The molecule has 4 fully saturated rings. The van der Waals surface area contributed by atoms with E-state index in [1.54, 1.807) is 0 Å². The summed E-state index contributed by atoms with van der Waals surface area (Å²) >= 11 is 0. The van der Waals surface area contributed by atoms with Crippen LogP contribution < -0.4 is 5.32 Å². The third kappa shape index (κ3) is 4.33. The van der Waals surface area contributed by atoms with Crippen molar-refractivity contribution >= 4 is 23.3 Å². The second-order valence-corrected chi connectivity index (χ2v) is 17.5. The van der Waals surface area contributed by atoms with Crippen LogP contribution in [0.2, 0.25) is 0 Å². The highest BCUT2D eigenvalue weighted by atomic mass is 16.5. The van der Waals surface area contributed by atoms with E-state index in [1.807, 2.05) is 31.2 Å². The van der Waals surface area contributed by atoms with Crippen molar-refractivity contribution in [1.29, 1.82) is 0 Å². The molecule has 1 N–H and O–H groups in total. The lowest BCUT2D eigenvalue weighted by molar-refractivity contribution is -0.210. The molecule has 5 aliphatic rings. The SMILES string of the molecule is CC(=O)O[C@@H]1CC[C@]2(C)[C@H](CC[C@]3(C)[C@@H]2C(=O)C=C2[C@@H]4C[C@](C)(C(=O)Nc5ccccc5C)CC[C@@]4(C)CC[C@@]23C)C1(C)C. The van der Waals surface area contributed by atoms with Gasteiger partial charge in [0.05, 0.1) is 0 Å². The van der Waals surface area contributed by atoms with Crippen molar-refractivity contribution in [1.82, 2.24) is 0 Å². The summed E-state index contributed by atoms with van der Waals surface area (Å²) in [6.07, 6.45) is 10.6. The molecule has 1 amide bonds. The quantitative estimate of drug-likeness (QED) is 0.351. The largest absolute Gasteiger partial charge is 0.462 e. The first kappa shape index (κ1) is 31.5. The van der Waals surface area contributed by atoms with E-state index in [1.165, 1.54) is 12.5 Å². The van der Waals surface area contributed by atoms with Crippen molar-refractivity contribution in [2.45, 2.75) is 126 Å². The summed E-state index contributed by atoms with van der Waals surface area (Å²) in [6.45, 7) is 19.9. The van der Waals surface area contributed by atoms with Crippen molar-refractivity contribution in [3.05, 3.63) is 41.5 Å². The number of ketones is 1. The van der Waals surface area contributed by atoms with E-state index in [-0.39, 0.29) is 56.9 Å². The zero-order valence-corrected chi connectivity index (χ0v) is 28.7. The Morgan fingerprint density at radius 2 is 1.57 bits per heavy atom. The molecular weight excluding hydrogens is 546 g/mol. The van der Waals surface area contributed by atoms with Crippen LogP contribution >= 0.6 is 0 Å². The van der Waals surface area contributed by atoms with E-state index in [0.717, 1.165) is 69.0 Å². The summed E-state index contributed by atoms with van der Waals surface area (Å²) in [4.78, 5) is 40.6. The van der Waals surface area contributed by atoms with Gasteiger partial charge < -0.3 is 10.1 Å². The molecule has 0 aliphatic heterocycles. The molecule has 9 atom stereocenters. The van der Waals surface area contributed by atoms with E-state index < -0.39 is 5.41 Å². The molecule has 1 aromatic rings. The summed E-state index contributed by atoms with van der Waals surface area (Å²) in [5.41, 5.74) is 2.32. The molecule has 1 aromatic carbocycles. The van der Waals surface area contributed by atoms with Gasteiger partial charge in [-0.2, -0.15) is 0 Å². The number of amides is 1. The fraction of sp³-hybridized carbons (Fsp3) is 0.718. The molecule has 0 radical (unpaired) electrons. The normalized spacial score (nSPS) is 44.2. The number of nitrogens with one attached hydrogen (secondary N) is 1. The molecule has 5 heteroatoms. The van der Waals surface area contributed by atoms with Crippen LogP contribution in [0.4, 0.5) is 5.69 Å². The van der Waals surface area contributed by atoms with Crippen molar-refractivity contribution in [2.24, 2.45) is 50.2 Å². The maximum absolute atomic E-state index is 14.7. The first-order valence-corrected chi connectivity index (χ1v) is 17.2. The van der Waals surface area contributed by atoms with Gasteiger partial charge in [0.15, 0.2) is 5.78 Å². The molecule has 0 heterocycles. The number of esters is 1. The van der Waals surface area contributed by atoms with E-state index in [0.29, 0.717) is 11.7 Å². The van der Waals surface area contributed by atoms with Crippen molar-refractivity contribution in [3.8, 4) is 0 Å². The first-order chi connectivity index (χ1) is 20.4. The number of ether oxygens (including phenoxy) is 1. The maximum Gasteiger partial charge on any atom is 0.302 e. The number of carbonyl (C=O) groups is 3. The maximum atomic E-state index is 14.7. The standard InChI is InChI=1S/C39H55NO4/c1-24-12-10-11-13-28(24)40-33(43)36(6)19-18-35(5)20-21-38(8)26(27(35)23-36)22-29(42)32-37(7)16-15-31(44-25(2)41)34(3,4)30(37)14-17-39(32,38)9/h10-13,22,27,30-32H,14-21,23H2,1-9H3,(H,40,43)/t27-,30+,31+,32+,35-,36+,37+,38-,39+/m0/s1. The van der Waals surface area contributed by atoms with Gasteiger partial charge in [-0.1, -0.05) is 72.2 Å². The van der Waals surface area contributed by atoms with Gasteiger partial charge in [-0.15, -0.1) is 0 Å². The highest BCUT2D eigenvalue weighted by molar-refractivity contribution is 5.97. The Kier molecular flexibility index (Phi) is 7.19. The molecule has 0 aromatic heterocycles. The molecule has 5 nitrogen and oxygen atoms in total. The Labute approximate surface area is 265 Å². The van der Waals surface area contributed by atoms with Crippen LogP contribution in [0.3, 0.4) is 0 Å². The molecule has 0 unspecified atom stereocenters. The second-order valence-electron chi connectivity index (χ2n) is 17.5. The number of anilines is 1. The van der Waals surface area contributed by atoms with E-state index in [4.69, 9.17) is 4.74 Å². The van der Waals surface area contributed by atoms with E-state index >= 15 is 0 Å². The summed E-state index contributed by atoms with van der Waals surface area (Å²) in [5, 5.41) is 3.27. The van der Waals surface area contributed by atoms with Crippen LogP contribution in [0, 0.1) is 57.2 Å². The molecule has 240 valence electrons. The number of fused-ring (bicyclic) bond motifs is 7. The van der Waals surface area contributed by atoms with Crippen molar-refractivity contribution in [3.63, 3.8) is 0 Å². The van der Waals surface area contributed by atoms with Gasteiger partial charge in [0, 0.05) is 29.4 Å². The fourth-order valence-electron chi connectivity index (χ4n) is 11.8. The van der Waals surface area contributed by atoms with E-state index in [2.05, 4.69) is 59.9 Å². The van der Waals surface area contributed by atoms with Gasteiger partial charge in [-0.05, 0) is 116 Å². The molecule has 44 heavy (non-hydrogen) atoms. The molecule has 6 rings (SSSR count). The Hall–Kier alpha value is -2.43. The van der Waals surface area contributed by atoms with Gasteiger partial charge in [-0.3, -0.25) is 14.4 Å². The predicted molar refractivity (Wildman–Crippen MR) is 175 cm³/mol. The Morgan fingerprint density at radius 1 is 0.886 bits per heavy atom. The molecule has 0 spiro atoms. The van der Waals surface area contributed by atoms with Crippen LogP contribution in [0.1, 0.15) is 119 Å². The van der Waals surface area contributed by atoms with Gasteiger partial charge in [0.2, 0.25) is 5.91 Å². The molecular formula is C39H55NO4. The van der Waals surface area contributed by atoms with Crippen molar-refractivity contribution in [2.75, 3.05) is 5.32 Å². The number of carbonyl (C=O) groups excluding carboxylic acids is 3. The van der Waals surface area contributed by atoms with Gasteiger partial charge >= 0.3 is 5.97 Å². The van der Waals surface area contributed by atoms with Crippen LogP contribution in [-0.2, 0) is 19.1 Å². The van der Waals surface area contributed by atoms with Crippen molar-refractivity contribution < 1.29 is 19.1 Å². The number of rotatable bonds is 3. The minimum atomic E-state index is -0.491. The predicted octanol–water partition coefficient (Wildman–Crippen LogP) is 8.85. The summed E-state index contributed by atoms with van der Waals surface area (Å²) in [5.74, 6) is 0.668. The van der Waals surface area contributed by atoms with Crippen LogP contribution in [-0.4, -0.2) is 23.8 Å². The van der Waals surface area contributed by atoms with Gasteiger partial charge in [0.1, 0.15) is 6.10 Å². The Balaban J connectivity index is 1.35. The van der Waals surface area contributed by atoms with E-state index in [9.17, 15) is 14.4 Å². The lowest BCUT2D eigenvalue weighted by atomic mass is 9.33. The zero-order valence-electron chi connectivity index (χ0n) is 28.7. The van der Waals surface area contributed by atoms with Gasteiger partial charge in [0.25, 0.3) is 0 Å². The summed E-state index contributed by atoms with van der Waals surface area (Å²) < 4.78 is 5.88. The minimum Gasteiger partial charge on any atom is -0.462 e. The summed E-state index contributed by atoms with van der Waals surface area (Å²) in [7, 11) is 0. The number of hydrogen-bond donors (Lipinski definition) is 1. The smallest absolute Gasteiger partial charge is 0.302 e. The molecule has 0 saturated heterocycles. The number of benzene rings is 1. The lowest BCUT2D eigenvalue weighted by Crippen LogP contribution is -2.66.